The van der Waals surface area contributed by atoms with Crippen LogP contribution in [0, 0.1) is 57.2 Å². The maximum atomic E-state index is 13.4. The molecule has 57 heavy (non-hydrogen) atoms. The molecule has 0 bridgehead atoms. The van der Waals surface area contributed by atoms with Crippen molar-refractivity contribution in [3.8, 4) is 0 Å². The van der Waals surface area contributed by atoms with Crippen LogP contribution < -0.4 is 5.32 Å². The van der Waals surface area contributed by atoms with Gasteiger partial charge in [-0.3, -0.25) is 0 Å². The summed E-state index contributed by atoms with van der Waals surface area (Å²) in [5, 5.41) is 4.24. The van der Waals surface area contributed by atoms with Crippen LogP contribution in [0.4, 0.5) is 0 Å². The van der Waals surface area contributed by atoms with Gasteiger partial charge in [-0.2, -0.15) is 0 Å². The van der Waals surface area contributed by atoms with Gasteiger partial charge in [0.25, 0.3) is 0 Å². The number of allylic oxidation sites excluding steroid dienone is 3. The molecule has 8 heteroatoms. The first-order chi connectivity index (χ1) is 26.6. The number of esters is 1. The topological polar surface area (TPSA) is 84.9 Å². The van der Waals surface area contributed by atoms with Gasteiger partial charge >= 0.3 is 5.97 Å². The van der Waals surface area contributed by atoms with Crippen LogP contribution in [0.3, 0.4) is 0 Å². The van der Waals surface area contributed by atoms with E-state index in [0.717, 1.165) is 57.5 Å². The first-order valence-corrected chi connectivity index (χ1v) is 25.2. The third-order valence-corrected chi connectivity index (χ3v) is 21.2. The predicted molar refractivity (Wildman–Crippen MR) is 233 cm³/mol. The summed E-state index contributed by atoms with van der Waals surface area (Å²) in [5.74, 6) is 4.32. The highest BCUT2D eigenvalue weighted by Gasteiger charge is 2.70. The number of rotatable bonds is 11. The van der Waals surface area contributed by atoms with Gasteiger partial charge in [0.05, 0.1) is 11.5 Å². The first kappa shape index (κ1) is 43.9. The normalized spacial score (nSPS) is 44.1. The van der Waals surface area contributed by atoms with Crippen LogP contribution in [0.5, 0.6) is 0 Å². The van der Waals surface area contributed by atoms with E-state index in [1.807, 2.05) is 13.8 Å². The van der Waals surface area contributed by atoms with Crippen LogP contribution in [0.2, 0.25) is 0 Å². The lowest BCUT2D eigenvalue weighted by Gasteiger charge is -2.72. The first-order valence-electron chi connectivity index (χ1n) is 23.4. The lowest BCUT2D eigenvalue weighted by Crippen LogP contribution is -2.68. The Bertz CT molecular complexity index is 1660. The van der Waals surface area contributed by atoms with Crippen molar-refractivity contribution in [1.29, 1.82) is 0 Å². The number of ether oxygens (including phenoxy) is 2. The van der Waals surface area contributed by atoms with E-state index in [2.05, 4.69) is 71.3 Å². The van der Waals surface area contributed by atoms with Gasteiger partial charge in [-0.1, -0.05) is 65.3 Å². The van der Waals surface area contributed by atoms with E-state index in [4.69, 9.17) is 9.47 Å². The van der Waals surface area contributed by atoms with Crippen LogP contribution in [0.1, 0.15) is 159 Å². The minimum Gasteiger partial charge on any atom is -0.458 e. The average molecular weight is 811 g/mol. The second kappa shape index (κ2) is 15.3. The molecule has 0 aromatic heterocycles. The fraction of sp³-hybridized carbons (Fsp3) is 0.898. The fourth-order valence-electron chi connectivity index (χ4n) is 15.5. The van der Waals surface area contributed by atoms with Gasteiger partial charge in [0.15, 0.2) is 15.4 Å². The molecule has 5 saturated carbocycles. The molecule has 0 spiro atoms. The number of carbonyl (C=O) groups is 1. The molecule has 6 aliphatic carbocycles. The van der Waals surface area contributed by atoms with Gasteiger partial charge in [-0.15, -0.1) is 0 Å². The molecule has 7 rings (SSSR count). The van der Waals surface area contributed by atoms with Crippen molar-refractivity contribution in [3.63, 3.8) is 0 Å². The molecule has 7 aliphatic rings. The van der Waals surface area contributed by atoms with Crippen LogP contribution in [-0.4, -0.2) is 80.8 Å². The van der Waals surface area contributed by atoms with Gasteiger partial charge in [-0.05, 0) is 174 Å². The van der Waals surface area contributed by atoms with E-state index in [-0.39, 0.29) is 16.9 Å². The van der Waals surface area contributed by atoms with Crippen molar-refractivity contribution in [2.24, 2.45) is 57.2 Å². The van der Waals surface area contributed by atoms with Crippen molar-refractivity contribution in [3.05, 3.63) is 23.8 Å². The minimum absolute atomic E-state index is 0.159. The van der Waals surface area contributed by atoms with Gasteiger partial charge in [-0.25, -0.2) is 13.2 Å². The SMILES string of the molecule is C=C(C)C1CCC2(NCCN3CCS(=O)(=O)CC3)CCC3(C)C(CCC4C5(C)CC=C(CC6CCC(OC)(C(=O)OC(C)(C)CC)CC6)C(C)(C)C5CCC43C)C12. The molecule has 0 aromatic carbocycles. The Balaban J connectivity index is 1.06. The largest absolute Gasteiger partial charge is 0.458 e. The third kappa shape index (κ3) is 7.38. The molecule has 1 saturated heterocycles. The quantitative estimate of drug-likeness (QED) is 0.164. The van der Waals surface area contributed by atoms with Gasteiger partial charge < -0.3 is 19.7 Å². The van der Waals surface area contributed by atoms with E-state index in [1.165, 1.54) is 63.4 Å². The van der Waals surface area contributed by atoms with E-state index >= 15 is 0 Å². The summed E-state index contributed by atoms with van der Waals surface area (Å²) in [5.41, 5.74) is 3.01. The van der Waals surface area contributed by atoms with E-state index in [0.29, 0.717) is 70.4 Å². The second-order valence-corrected chi connectivity index (χ2v) is 25.1. The van der Waals surface area contributed by atoms with Gasteiger partial charge in [0.2, 0.25) is 0 Å². The summed E-state index contributed by atoms with van der Waals surface area (Å²) in [6.07, 6.45) is 19.7. The molecule has 9 unspecified atom stereocenters. The zero-order valence-corrected chi connectivity index (χ0v) is 38.8. The molecule has 1 N–H and O–H groups in total. The molecule has 9 atom stereocenters. The van der Waals surface area contributed by atoms with E-state index in [1.54, 1.807) is 12.7 Å². The Labute approximate surface area is 348 Å². The number of hydrogen-bond donors (Lipinski definition) is 1. The Morgan fingerprint density at radius 1 is 0.912 bits per heavy atom. The number of nitrogens with one attached hydrogen (secondary N) is 1. The Hall–Kier alpha value is -1.22. The van der Waals surface area contributed by atoms with Crippen molar-refractivity contribution < 1.29 is 22.7 Å². The van der Waals surface area contributed by atoms with Crippen LogP contribution in [-0.2, 0) is 24.1 Å². The zero-order valence-electron chi connectivity index (χ0n) is 38.0. The molecule has 0 amide bonds. The lowest BCUT2D eigenvalue weighted by atomic mass is 9.33. The summed E-state index contributed by atoms with van der Waals surface area (Å²) < 4.78 is 36.1. The average Bonchev–Trinajstić information content (AvgIpc) is 3.54. The van der Waals surface area contributed by atoms with Gasteiger partial charge in [0.1, 0.15) is 5.60 Å². The molecule has 0 radical (unpaired) electrons. The Morgan fingerprint density at radius 3 is 2.23 bits per heavy atom. The van der Waals surface area contributed by atoms with E-state index < -0.39 is 21.0 Å². The molecule has 324 valence electrons. The lowest BCUT2D eigenvalue weighted by molar-refractivity contribution is -0.221. The van der Waals surface area contributed by atoms with Crippen LogP contribution >= 0.6 is 0 Å². The summed E-state index contributed by atoms with van der Waals surface area (Å²) >= 11 is 0. The summed E-state index contributed by atoms with van der Waals surface area (Å²) in [6.45, 7) is 29.6. The smallest absolute Gasteiger partial charge is 0.338 e. The van der Waals surface area contributed by atoms with Crippen molar-refractivity contribution in [1.82, 2.24) is 10.2 Å². The molecule has 1 aliphatic heterocycles. The molecule has 7 nitrogen and oxygen atoms in total. The highest BCUT2D eigenvalue weighted by atomic mass is 32.2. The van der Waals surface area contributed by atoms with Crippen molar-refractivity contribution >= 4 is 15.8 Å². The minimum atomic E-state index is -2.86. The number of nitrogens with zero attached hydrogens (tertiary/aromatic N) is 1. The summed E-state index contributed by atoms with van der Waals surface area (Å²) in [4.78, 5) is 15.8. The predicted octanol–water partition coefficient (Wildman–Crippen LogP) is 9.95. The van der Waals surface area contributed by atoms with E-state index in [9.17, 15) is 13.2 Å². The van der Waals surface area contributed by atoms with Crippen molar-refractivity contribution in [2.45, 2.75) is 175 Å². The second-order valence-electron chi connectivity index (χ2n) is 22.8. The summed E-state index contributed by atoms with van der Waals surface area (Å²) in [6, 6.07) is 0. The fourth-order valence-corrected chi connectivity index (χ4v) is 16.7. The standard InChI is InChI=1S/C49H82N2O5S/c1-12-43(4,5)56-42(52)49(55-11)23-15-35(16-24-49)33-36-17-20-45(8)39(44(36,6)7)19-21-47(10)40(45)14-13-38-41-37(34(2)3)18-22-48(41,26-25-46(38,47)9)50-27-28-51-29-31-57(53,54)32-30-51/h17,35,37-41,50H,2,12-16,18-33H2,1,3-11H3. The van der Waals surface area contributed by atoms with Crippen LogP contribution in [0.25, 0.3) is 0 Å². The monoisotopic (exact) mass is 811 g/mol. The Morgan fingerprint density at radius 2 is 1.60 bits per heavy atom. The molecule has 6 fully saturated rings. The molecular weight excluding hydrogens is 729 g/mol. The third-order valence-electron chi connectivity index (χ3n) is 19.6. The maximum Gasteiger partial charge on any atom is 0.338 e. The molecule has 0 aromatic rings. The highest BCUT2D eigenvalue weighted by molar-refractivity contribution is 7.91. The van der Waals surface area contributed by atoms with Crippen molar-refractivity contribution in [2.75, 3.05) is 44.8 Å². The number of methoxy groups -OCH3 is 1. The number of hydrogen-bond acceptors (Lipinski definition) is 7. The number of sulfone groups is 1. The number of carbonyl (C=O) groups excluding carboxylic acids is 1. The molecule has 1 heterocycles. The summed E-state index contributed by atoms with van der Waals surface area (Å²) in [7, 11) is -1.16. The highest BCUT2D eigenvalue weighted by Crippen LogP contribution is 2.76. The van der Waals surface area contributed by atoms with Crippen LogP contribution in [0.15, 0.2) is 23.8 Å². The molecular formula is C49H82N2O5S. The number of fused-ring (bicyclic) bond motifs is 7. The zero-order chi connectivity index (χ0) is 41.5. The Kier molecular flexibility index (Phi) is 11.8. The maximum absolute atomic E-state index is 13.4. The van der Waals surface area contributed by atoms with Gasteiger partial charge in [0, 0.05) is 38.8 Å².